The number of imidazole rings is 1. The smallest absolute Gasteiger partial charge is 0.180 e. The zero-order chi connectivity index (χ0) is 16.5. The third-order valence-corrected chi connectivity index (χ3v) is 4.91. The Bertz CT molecular complexity index is 971. The van der Waals surface area contributed by atoms with E-state index in [-0.39, 0.29) is 5.78 Å². The fraction of sp³-hybridized carbons (Fsp3) is 0.105. The van der Waals surface area contributed by atoms with Crippen LogP contribution >= 0.6 is 11.3 Å². The molecule has 0 saturated carbocycles. The SMILES string of the molecule is Cc1csc([C@@H](C(=O)c2ccccc2)c2nc3ccccc3[nH]2)n1. The molecule has 0 aliphatic heterocycles. The number of nitrogens with zero attached hydrogens (tertiary/aromatic N) is 2. The number of nitrogens with one attached hydrogen (secondary N) is 1. The quantitative estimate of drug-likeness (QED) is 0.565. The first kappa shape index (κ1) is 14.8. The van der Waals surface area contributed by atoms with E-state index >= 15 is 0 Å². The Balaban J connectivity index is 1.85. The Hall–Kier alpha value is -2.79. The molecular formula is C19H15N3OS. The van der Waals surface area contributed by atoms with Crippen molar-refractivity contribution in [2.45, 2.75) is 12.8 Å². The number of ketones is 1. The van der Waals surface area contributed by atoms with Gasteiger partial charge in [0.2, 0.25) is 0 Å². The maximum absolute atomic E-state index is 13.1. The minimum absolute atomic E-state index is 0.00371. The van der Waals surface area contributed by atoms with Gasteiger partial charge in [-0.05, 0) is 19.1 Å². The molecule has 0 radical (unpaired) electrons. The summed E-state index contributed by atoms with van der Waals surface area (Å²) in [6.45, 7) is 1.93. The Labute approximate surface area is 143 Å². The molecule has 4 aromatic rings. The molecule has 1 N–H and O–H groups in total. The highest BCUT2D eigenvalue weighted by Gasteiger charge is 2.29. The number of aromatic amines is 1. The average Bonchev–Trinajstić information content (AvgIpc) is 3.22. The number of aromatic nitrogens is 3. The maximum Gasteiger partial charge on any atom is 0.180 e. The van der Waals surface area contributed by atoms with Crippen LogP contribution in [0.15, 0.2) is 60.0 Å². The van der Waals surface area contributed by atoms with E-state index in [1.54, 1.807) is 0 Å². The van der Waals surface area contributed by atoms with Crippen molar-refractivity contribution < 1.29 is 4.79 Å². The molecule has 0 aliphatic carbocycles. The lowest BCUT2D eigenvalue weighted by molar-refractivity contribution is 0.0971. The molecule has 2 heterocycles. The lowest BCUT2D eigenvalue weighted by atomic mass is 9.97. The molecule has 4 rings (SSSR count). The van der Waals surface area contributed by atoms with Gasteiger partial charge in [-0.1, -0.05) is 42.5 Å². The van der Waals surface area contributed by atoms with Crippen molar-refractivity contribution in [3.05, 3.63) is 82.1 Å². The van der Waals surface area contributed by atoms with Crippen molar-refractivity contribution in [1.82, 2.24) is 15.0 Å². The average molecular weight is 333 g/mol. The summed E-state index contributed by atoms with van der Waals surface area (Å²) in [7, 11) is 0. The predicted octanol–water partition coefficient (Wildman–Crippen LogP) is 4.34. The number of fused-ring (bicyclic) bond motifs is 1. The molecule has 0 amide bonds. The number of benzene rings is 2. The molecule has 0 fully saturated rings. The summed E-state index contributed by atoms with van der Waals surface area (Å²) in [5.41, 5.74) is 3.35. The van der Waals surface area contributed by atoms with Gasteiger partial charge in [0.15, 0.2) is 5.78 Å². The Morgan fingerprint density at radius 1 is 1.04 bits per heavy atom. The van der Waals surface area contributed by atoms with E-state index < -0.39 is 5.92 Å². The lowest BCUT2D eigenvalue weighted by Crippen LogP contribution is -2.16. The van der Waals surface area contributed by atoms with Crippen LogP contribution in [0, 0.1) is 6.92 Å². The van der Waals surface area contributed by atoms with Crippen molar-refractivity contribution in [1.29, 1.82) is 0 Å². The molecule has 118 valence electrons. The van der Waals surface area contributed by atoms with E-state index in [1.807, 2.05) is 66.9 Å². The third-order valence-electron chi connectivity index (χ3n) is 3.89. The van der Waals surface area contributed by atoms with Crippen molar-refractivity contribution in [2.75, 3.05) is 0 Å². The first-order valence-electron chi connectivity index (χ1n) is 7.68. The van der Waals surface area contributed by atoms with E-state index in [0.29, 0.717) is 11.4 Å². The first-order chi connectivity index (χ1) is 11.7. The van der Waals surface area contributed by atoms with Crippen molar-refractivity contribution in [3.8, 4) is 0 Å². The standard InChI is InChI=1S/C19H15N3OS/c1-12-11-24-19(20-12)16(17(23)13-7-3-2-4-8-13)18-21-14-9-5-6-10-15(14)22-18/h2-11,16H,1H3,(H,21,22)/t16-/m0/s1. The van der Waals surface area contributed by atoms with Crippen LogP contribution in [-0.2, 0) is 0 Å². The predicted molar refractivity (Wildman–Crippen MR) is 95.6 cm³/mol. The fourth-order valence-corrected chi connectivity index (χ4v) is 3.63. The molecule has 0 aliphatic rings. The molecular weight excluding hydrogens is 318 g/mol. The number of aryl methyl sites for hydroxylation is 1. The number of para-hydroxylation sites is 2. The Kier molecular flexibility index (Phi) is 3.70. The zero-order valence-corrected chi connectivity index (χ0v) is 13.9. The zero-order valence-electron chi connectivity index (χ0n) is 13.1. The number of hydrogen-bond acceptors (Lipinski definition) is 4. The van der Waals surface area contributed by atoms with Gasteiger partial charge < -0.3 is 4.98 Å². The first-order valence-corrected chi connectivity index (χ1v) is 8.56. The van der Waals surface area contributed by atoms with Gasteiger partial charge in [-0.15, -0.1) is 11.3 Å². The van der Waals surface area contributed by atoms with Crippen LogP contribution in [0.2, 0.25) is 0 Å². The summed E-state index contributed by atoms with van der Waals surface area (Å²) < 4.78 is 0. The number of thiazole rings is 1. The summed E-state index contributed by atoms with van der Waals surface area (Å²) in [4.78, 5) is 25.6. The molecule has 0 spiro atoms. The van der Waals surface area contributed by atoms with E-state index in [2.05, 4.69) is 15.0 Å². The van der Waals surface area contributed by atoms with Crippen LogP contribution in [0.25, 0.3) is 11.0 Å². The van der Waals surface area contributed by atoms with Gasteiger partial charge in [-0.2, -0.15) is 0 Å². The van der Waals surface area contributed by atoms with E-state index in [4.69, 9.17) is 0 Å². The fourth-order valence-electron chi connectivity index (χ4n) is 2.74. The molecule has 4 nitrogen and oxygen atoms in total. The lowest BCUT2D eigenvalue weighted by Gasteiger charge is -2.11. The Morgan fingerprint density at radius 2 is 1.79 bits per heavy atom. The number of carbonyl (C=O) groups is 1. The molecule has 0 saturated heterocycles. The topological polar surface area (TPSA) is 58.6 Å². The number of hydrogen-bond donors (Lipinski definition) is 1. The molecule has 2 aromatic carbocycles. The van der Waals surface area contributed by atoms with Gasteiger partial charge in [0, 0.05) is 16.6 Å². The van der Waals surface area contributed by atoms with Crippen LogP contribution in [0.1, 0.15) is 32.8 Å². The summed E-state index contributed by atoms with van der Waals surface area (Å²) in [6.07, 6.45) is 0. The summed E-state index contributed by atoms with van der Waals surface area (Å²) in [6, 6.07) is 17.1. The van der Waals surface area contributed by atoms with Gasteiger partial charge in [-0.3, -0.25) is 4.79 Å². The van der Waals surface area contributed by atoms with Crippen LogP contribution in [0.4, 0.5) is 0 Å². The van der Waals surface area contributed by atoms with E-state index in [9.17, 15) is 4.79 Å². The molecule has 1 atom stereocenters. The molecule has 2 aromatic heterocycles. The second-order valence-corrected chi connectivity index (χ2v) is 6.52. The van der Waals surface area contributed by atoms with Crippen LogP contribution < -0.4 is 0 Å². The van der Waals surface area contributed by atoms with Crippen molar-refractivity contribution in [3.63, 3.8) is 0 Å². The summed E-state index contributed by atoms with van der Waals surface area (Å²) in [5.74, 6) is 0.127. The number of rotatable bonds is 4. The van der Waals surface area contributed by atoms with Crippen LogP contribution in [0.3, 0.4) is 0 Å². The molecule has 0 unspecified atom stereocenters. The molecule has 5 heteroatoms. The number of H-pyrrole nitrogens is 1. The second kappa shape index (κ2) is 6.02. The third kappa shape index (κ3) is 2.63. The summed E-state index contributed by atoms with van der Waals surface area (Å²) >= 11 is 1.49. The Morgan fingerprint density at radius 3 is 2.50 bits per heavy atom. The van der Waals surface area contributed by atoms with E-state index in [1.165, 1.54) is 11.3 Å². The number of carbonyl (C=O) groups excluding carboxylic acids is 1. The second-order valence-electron chi connectivity index (χ2n) is 5.63. The molecule has 24 heavy (non-hydrogen) atoms. The monoisotopic (exact) mass is 333 g/mol. The van der Waals surface area contributed by atoms with E-state index in [0.717, 1.165) is 21.7 Å². The van der Waals surface area contributed by atoms with Crippen LogP contribution in [-0.4, -0.2) is 20.7 Å². The highest BCUT2D eigenvalue weighted by Crippen LogP contribution is 2.30. The van der Waals surface area contributed by atoms with Gasteiger partial charge in [0.05, 0.1) is 11.0 Å². The van der Waals surface area contributed by atoms with Gasteiger partial charge in [-0.25, -0.2) is 9.97 Å². The highest BCUT2D eigenvalue weighted by atomic mass is 32.1. The van der Waals surface area contributed by atoms with Gasteiger partial charge in [0.25, 0.3) is 0 Å². The summed E-state index contributed by atoms with van der Waals surface area (Å²) in [5, 5.41) is 2.73. The normalized spacial score (nSPS) is 12.4. The minimum atomic E-state index is -0.515. The van der Waals surface area contributed by atoms with Gasteiger partial charge in [0.1, 0.15) is 16.7 Å². The molecule has 0 bridgehead atoms. The van der Waals surface area contributed by atoms with Crippen molar-refractivity contribution >= 4 is 28.2 Å². The number of Topliss-reactive ketones (excluding diaryl/α,β-unsaturated/α-hetero) is 1. The largest absolute Gasteiger partial charge is 0.341 e. The van der Waals surface area contributed by atoms with Crippen molar-refractivity contribution in [2.24, 2.45) is 0 Å². The highest BCUT2D eigenvalue weighted by molar-refractivity contribution is 7.10. The minimum Gasteiger partial charge on any atom is -0.341 e. The van der Waals surface area contributed by atoms with Gasteiger partial charge >= 0.3 is 0 Å². The van der Waals surface area contributed by atoms with Crippen LogP contribution in [0.5, 0.6) is 0 Å². The maximum atomic E-state index is 13.1.